The van der Waals surface area contributed by atoms with E-state index in [1.54, 1.807) is 0 Å². The van der Waals surface area contributed by atoms with E-state index in [4.69, 9.17) is 25.4 Å². The Kier molecular flexibility index (Phi) is 8.40. The molecule has 0 bridgehead atoms. The van der Waals surface area contributed by atoms with Crippen LogP contribution in [-0.2, 0) is 23.4 Å². The maximum atomic E-state index is 13.5. The van der Waals surface area contributed by atoms with E-state index in [1.165, 1.54) is 38.1 Å². The standard InChI is InChI=1S/C21H24ClN4O9P/c1-12(18(29)32-3)25-36(31,35-14-6-4-13(22)5-7-14)33-10-15-17(28)21(2,11-23)19(34-15)26-9-8-16(27)24-20(26)30/h4-9,12,15,17,19,28H,10H2,1-3H3,(H,25,31)(H,24,27,30)/t12-,15+,17+,19+,21+,36?/m0/s1. The number of aliphatic hydroxyl groups excluding tert-OH is 1. The number of halogens is 1. The first-order valence-corrected chi connectivity index (χ1v) is 12.5. The van der Waals surface area contributed by atoms with Gasteiger partial charge in [-0.05, 0) is 38.1 Å². The van der Waals surface area contributed by atoms with Crippen molar-refractivity contribution < 1.29 is 33.0 Å². The second kappa shape index (κ2) is 11.0. The summed E-state index contributed by atoms with van der Waals surface area (Å²) < 4.78 is 35.9. The summed E-state index contributed by atoms with van der Waals surface area (Å²) in [7, 11) is -3.15. The Balaban J connectivity index is 1.85. The van der Waals surface area contributed by atoms with Crippen LogP contribution in [0.1, 0.15) is 20.1 Å². The molecule has 36 heavy (non-hydrogen) atoms. The van der Waals surface area contributed by atoms with E-state index >= 15 is 0 Å². The Morgan fingerprint density at radius 3 is 2.64 bits per heavy atom. The lowest BCUT2D eigenvalue weighted by Crippen LogP contribution is -2.41. The highest BCUT2D eigenvalue weighted by atomic mass is 35.5. The smallest absolute Gasteiger partial charge is 0.459 e. The van der Waals surface area contributed by atoms with Crippen LogP contribution < -0.4 is 20.9 Å². The zero-order valence-electron chi connectivity index (χ0n) is 19.4. The first-order chi connectivity index (χ1) is 16.9. The summed E-state index contributed by atoms with van der Waals surface area (Å²) in [6, 6.07) is 7.71. The molecule has 3 N–H and O–H groups in total. The summed E-state index contributed by atoms with van der Waals surface area (Å²) in [6.45, 7) is 2.17. The van der Waals surface area contributed by atoms with Gasteiger partial charge < -0.3 is 19.1 Å². The summed E-state index contributed by atoms with van der Waals surface area (Å²) in [5, 5.41) is 23.5. The van der Waals surface area contributed by atoms with E-state index in [9.17, 15) is 29.3 Å². The van der Waals surface area contributed by atoms with E-state index in [0.717, 1.165) is 23.9 Å². The lowest BCUT2D eigenvalue weighted by atomic mass is 9.84. The summed E-state index contributed by atoms with van der Waals surface area (Å²) in [4.78, 5) is 37.6. The van der Waals surface area contributed by atoms with Gasteiger partial charge >= 0.3 is 19.4 Å². The molecule has 3 rings (SSSR count). The Hall–Kier alpha value is -2.98. The zero-order valence-corrected chi connectivity index (χ0v) is 21.1. The largest absolute Gasteiger partial charge is 0.468 e. The minimum Gasteiger partial charge on any atom is -0.468 e. The van der Waals surface area contributed by atoms with Crippen molar-refractivity contribution in [3.63, 3.8) is 0 Å². The number of nitrogens with zero attached hydrogens (tertiary/aromatic N) is 2. The number of carbonyl (C=O) groups is 1. The molecule has 1 aliphatic rings. The highest BCUT2D eigenvalue weighted by Gasteiger charge is 2.55. The molecule has 194 valence electrons. The van der Waals surface area contributed by atoms with E-state index in [1.807, 2.05) is 6.07 Å². The summed E-state index contributed by atoms with van der Waals surface area (Å²) in [6.07, 6.45) is -2.94. The molecule has 1 unspecified atom stereocenters. The summed E-state index contributed by atoms with van der Waals surface area (Å²) >= 11 is 5.87. The lowest BCUT2D eigenvalue weighted by Gasteiger charge is -2.26. The maximum Gasteiger partial charge on any atom is 0.459 e. The van der Waals surface area contributed by atoms with Gasteiger partial charge in [0.2, 0.25) is 0 Å². The molecule has 0 spiro atoms. The van der Waals surface area contributed by atoms with Gasteiger partial charge in [0, 0.05) is 17.3 Å². The van der Waals surface area contributed by atoms with Crippen LogP contribution in [0.3, 0.4) is 0 Å². The number of hydrogen-bond acceptors (Lipinski definition) is 10. The molecule has 15 heteroatoms. The van der Waals surface area contributed by atoms with Gasteiger partial charge in [-0.15, -0.1) is 0 Å². The number of nitrogens with one attached hydrogen (secondary N) is 2. The summed E-state index contributed by atoms with van der Waals surface area (Å²) in [5.41, 5.74) is -3.16. The van der Waals surface area contributed by atoms with Crippen LogP contribution in [0, 0.1) is 16.7 Å². The SMILES string of the molecule is COC(=O)[C@H](C)NP(=O)(OC[C@H]1O[C@@H](n2ccc(=O)[nH]c2=O)[C@](C)(C#N)[C@@H]1O)Oc1ccc(Cl)cc1. The zero-order chi connectivity index (χ0) is 26.7. The summed E-state index contributed by atoms with van der Waals surface area (Å²) in [5.74, 6) is -0.648. The van der Waals surface area contributed by atoms with Gasteiger partial charge in [0.15, 0.2) is 6.23 Å². The quantitative estimate of drug-likeness (QED) is 0.307. The third-order valence-electron chi connectivity index (χ3n) is 5.48. The van der Waals surface area contributed by atoms with Crippen LogP contribution in [0.5, 0.6) is 5.75 Å². The number of benzene rings is 1. The van der Waals surface area contributed by atoms with Crippen molar-refractivity contribution in [1.29, 1.82) is 5.26 Å². The number of esters is 1. The van der Waals surface area contributed by atoms with Gasteiger partial charge in [0.1, 0.15) is 29.4 Å². The molecule has 1 aromatic carbocycles. The van der Waals surface area contributed by atoms with Crippen LogP contribution in [-0.4, -0.2) is 52.6 Å². The van der Waals surface area contributed by atoms with Crippen LogP contribution >= 0.6 is 19.3 Å². The molecule has 0 saturated carbocycles. The van der Waals surface area contributed by atoms with Gasteiger partial charge in [-0.3, -0.25) is 23.7 Å². The fraction of sp³-hybridized carbons (Fsp3) is 0.429. The van der Waals surface area contributed by atoms with Crippen molar-refractivity contribution in [3.05, 3.63) is 62.4 Å². The van der Waals surface area contributed by atoms with E-state index in [-0.39, 0.29) is 5.75 Å². The van der Waals surface area contributed by atoms with Crippen LogP contribution in [0.2, 0.25) is 5.02 Å². The molecule has 2 heterocycles. The minimum atomic E-state index is -4.30. The van der Waals surface area contributed by atoms with Crippen molar-refractivity contribution in [2.75, 3.05) is 13.7 Å². The molecule has 2 aromatic rings. The van der Waals surface area contributed by atoms with Crippen molar-refractivity contribution in [2.24, 2.45) is 5.41 Å². The predicted molar refractivity (Wildman–Crippen MR) is 125 cm³/mol. The fourth-order valence-corrected chi connectivity index (χ4v) is 5.12. The highest BCUT2D eigenvalue weighted by molar-refractivity contribution is 7.52. The number of aromatic amines is 1. The van der Waals surface area contributed by atoms with Crippen LogP contribution in [0.25, 0.3) is 0 Å². The molecule has 1 aromatic heterocycles. The average molecular weight is 543 g/mol. The second-order valence-electron chi connectivity index (χ2n) is 8.10. The third-order valence-corrected chi connectivity index (χ3v) is 7.38. The lowest BCUT2D eigenvalue weighted by molar-refractivity contribution is -0.142. The van der Waals surface area contributed by atoms with Crippen molar-refractivity contribution >= 4 is 25.3 Å². The molecular formula is C21H24ClN4O9P. The Bertz CT molecular complexity index is 1310. The van der Waals surface area contributed by atoms with Crippen molar-refractivity contribution in [1.82, 2.24) is 14.6 Å². The number of nitriles is 1. The van der Waals surface area contributed by atoms with Gasteiger partial charge in [-0.1, -0.05) is 11.6 Å². The molecule has 0 amide bonds. The molecule has 1 fully saturated rings. The molecule has 6 atom stereocenters. The Labute approximate surface area is 210 Å². The first kappa shape index (κ1) is 27.6. The highest BCUT2D eigenvalue weighted by Crippen LogP contribution is 2.48. The fourth-order valence-electron chi connectivity index (χ4n) is 3.49. The van der Waals surface area contributed by atoms with E-state index in [0.29, 0.717) is 5.02 Å². The average Bonchev–Trinajstić information content (AvgIpc) is 3.09. The molecule has 0 aliphatic carbocycles. The van der Waals surface area contributed by atoms with Gasteiger partial charge in [-0.25, -0.2) is 9.36 Å². The number of carbonyl (C=O) groups excluding carboxylic acids is 1. The molecule has 13 nitrogen and oxygen atoms in total. The topological polar surface area (TPSA) is 182 Å². The Morgan fingerprint density at radius 2 is 2.06 bits per heavy atom. The van der Waals surface area contributed by atoms with Gasteiger partial charge in [-0.2, -0.15) is 10.3 Å². The van der Waals surface area contributed by atoms with Crippen LogP contribution in [0.15, 0.2) is 46.1 Å². The third kappa shape index (κ3) is 5.87. The molecule has 1 aliphatic heterocycles. The van der Waals surface area contributed by atoms with Crippen LogP contribution in [0.4, 0.5) is 0 Å². The van der Waals surface area contributed by atoms with Gasteiger partial charge in [0.25, 0.3) is 5.56 Å². The second-order valence-corrected chi connectivity index (χ2v) is 10.2. The molecule has 0 radical (unpaired) electrons. The number of aliphatic hydroxyl groups is 1. The maximum absolute atomic E-state index is 13.5. The number of rotatable bonds is 9. The number of methoxy groups -OCH3 is 1. The predicted octanol–water partition coefficient (Wildman–Crippen LogP) is 1.33. The number of aromatic nitrogens is 2. The van der Waals surface area contributed by atoms with Gasteiger partial charge in [0.05, 0.1) is 19.8 Å². The van der Waals surface area contributed by atoms with Crippen molar-refractivity contribution in [3.8, 4) is 11.8 Å². The first-order valence-electron chi connectivity index (χ1n) is 10.5. The number of H-pyrrole nitrogens is 1. The Morgan fingerprint density at radius 1 is 1.39 bits per heavy atom. The van der Waals surface area contributed by atoms with E-state index in [2.05, 4.69) is 14.8 Å². The number of hydrogen-bond donors (Lipinski definition) is 3. The monoisotopic (exact) mass is 542 g/mol. The minimum absolute atomic E-state index is 0.0970. The van der Waals surface area contributed by atoms with E-state index < -0.39 is 61.5 Å². The normalized spacial score (nSPS) is 25.9. The molecule has 1 saturated heterocycles. The molecular weight excluding hydrogens is 519 g/mol. The van der Waals surface area contributed by atoms with Crippen molar-refractivity contribution in [2.45, 2.75) is 38.3 Å². The number of ether oxygens (including phenoxy) is 2.